The van der Waals surface area contributed by atoms with E-state index in [0.717, 1.165) is 34.3 Å². The zero-order chi connectivity index (χ0) is 21.6. The van der Waals surface area contributed by atoms with Crippen molar-refractivity contribution in [1.82, 2.24) is 9.78 Å². The van der Waals surface area contributed by atoms with E-state index < -0.39 is 13.0 Å². The summed E-state index contributed by atoms with van der Waals surface area (Å²) in [6.45, 7) is 8.00. The standard InChI is InChI=1S/C22H29BN4O3/c1-12-7-5-6-8-19(12)27-11-18(21(24)28)22(26-27)25-16-9-13(2)20-17(10-16)14(3)15(4)23(29)30-20/h9-12,19,29H,5-8H2,1-4H3,(H2,24,28)(H,25,26)/t12-,19-/m0/s1. The molecule has 0 spiro atoms. The third-order valence-corrected chi connectivity index (χ3v) is 6.54. The van der Waals surface area contributed by atoms with Crippen molar-refractivity contribution in [3.05, 3.63) is 40.5 Å². The zero-order valence-corrected chi connectivity index (χ0v) is 18.0. The van der Waals surface area contributed by atoms with E-state index in [1.54, 1.807) is 6.20 Å². The number of carbonyl (C=O) groups is 1. The molecule has 1 aliphatic heterocycles. The lowest BCUT2D eigenvalue weighted by Crippen LogP contribution is -2.28. The van der Waals surface area contributed by atoms with Crippen molar-refractivity contribution in [3.8, 4) is 5.75 Å². The van der Waals surface area contributed by atoms with E-state index in [2.05, 4.69) is 12.2 Å². The molecule has 0 radical (unpaired) electrons. The number of nitrogens with two attached hydrogens (primary N) is 1. The maximum atomic E-state index is 12.1. The van der Waals surface area contributed by atoms with Crippen LogP contribution in [-0.4, -0.2) is 27.8 Å². The molecule has 1 aliphatic carbocycles. The van der Waals surface area contributed by atoms with E-state index in [-0.39, 0.29) is 6.04 Å². The fraction of sp³-hybridized carbons (Fsp3) is 0.455. The minimum atomic E-state index is -0.926. The van der Waals surface area contributed by atoms with E-state index in [1.807, 2.05) is 37.6 Å². The largest absolute Gasteiger partial charge is 0.555 e. The molecular formula is C22H29BN4O3. The molecule has 8 heteroatoms. The molecule has 1 amide bonds. The average Bonchev–Trinajstić information content (AvgIpc) is 3.11. The predicted molar refractivity (Wildman–Crippen MR) is 119 cm³/mol. The summed E-state index contributed by atoms with van der Waals surface area (Å²) in [6.07, 6.45) is 6.41. The normalized spacial score (nSPS) is 21.3. The minimum absolute atomic E-state index is 0.278. The maximum Gasteiger partial charge on any atom is 0.555 e. The molecule has 1 fully saturated rings. The highest BCUT2D eigenvalue weighted by atomic mass is 16.5. The molecule has 2 atom stereocenters. The molecule has 0 bridgehead atoms. The van der Waals surface area contributed by atoms with Crippen molar-refractivity contribution in [2.75, 3.05) is 5.32 Å². The molecule has 30 heavy (non-hydrogen) atoms. The Morgan fingerprint density at radius 2 is 2.03 bits per heavy atom. The highest BCUT2D eigenvalue weighted by molar-refractivity contribution is 6.55. The number of hydrogen-bond acceptors (Lipinski definition) is 5. The number of fused-ring (bicyclic) bond motifs is 1. The van der Waals surface area contributed by atoms with Crippen molar-refractivity contribution >= 4 is 30.1 Å². The van der Waals surface area contributed by atoms with Crippen LogP contribution in [-0.2, 0) is 0 Å². The number of carbonyl (C=O) groups excluding carboxylic acids is 1. The van der Waals surface area contributed by atoms with Crippen molar-refractivity contribution in [2.24, 2.45) is 11.7 Å². The summed E-state index contributed by atoms with van der Waals surface area (Å²) in [5.74, 6) is 1.15. The number of nitrogens with zero attached hydrogens (tertiary/aromatic N) is 2. The number of aromatic nitrogens is 2. The second-order valence-corrected chi connectivity index (χ2v) is 8.64. The molecule has 0 saturated heterocycles. The summed E-state index contributed by atoms with van der Waals surface area (Å²) in [5, 5.41) is 18.1. The molecule has 1 aromatic carbocycles. The first-order chi connectivity index (χ1) is 14.3. The van der Waals surface area contributed by atoms with Gasteiger partial charge >= 0.3 is 7.12 Å². The number of hydrogen-bond donors (Lipinski definition) is 3. The maximum absolute atomic E-state index is 12.1. The fourth-order valence-corrected chi connectivity index (χ4v) is 4.54. The van der Waals surface area contributed by atoms with Gasteiger partial charge in [0.2, 0.25) is 0 Å². The number of amides is 1. The Bertz CT molecular complexity index is 1030. The zero-order valence-electron chi connectivity index (χ0n) is 18.0. The minimum Gasteiger partial charge on any atom is -0.532 e. The van der Waals surface area contributed by atoms with E-state index in [0.29, 0.717) is 23.0 Å². The second-order valence-electron chi connectivity index (χ2n) is 8.64. The molecule has 1 aromatic heterocycles. The Morgan fingerprint density at radius 1 is 1.30 bits per heavy atom. The molecule has 2 heterocycles. The number of primary amides is 1. The number of allylic oxidation sites excluding steroid dienone is 2. The fourth-order valence-electron chi connectivity index (χ4n) is 4.54. The van der Waals surface area contributed by atoms with Crippen molar-refractivity contribution in [1.29, 1.82) is 0 Å². The molecule has 2 aliphatic rings. The van der Waals surface area contributed by atoms with E-state index >= 15 is 0 Å². The van der Waals surface area contributed by atoms with Gasteiger partial charge in [0.15, 0.2) is 5.82 Å². The number of benzene rings is 1. The molecule has 0 unspecified atom stereocenters. The van der Waals surface area contributed by atoms with Crippen LogP contribution in [0.1, 0.15) is 74.0 Å². The Hall–Kier alpha value is -2.74. The molecule has 2 aromatic rings. The lowest BCUT2D eigenvalue weighted by atomic mass is 9.73. The smallest absolute Gasteiger partial charge is 0.532 e. The third kappa shape index (κ3) is 3.60. The van der Waals surface area contributed by atoms with Gasteiger partial charge in [-0.3, -0.25) is 9.48 Å². The third-order valence-electron chi connectivity index (χ3n) is 6.54. The summed E-state index contributed by atoms with van der Waals surface area (Å²) in [7, 11) is -0.926. The van der Waals surface area contributed by atoms with Crippen molar-refractivity contribution in [3.63, 3.8) is 0 Å². The van der Waals surface area contributed by atoms with Gasteiger partial charge < -0.3 is 20.7 Å². The first-order valence-corrected chi connectivity index (χ1v) is 10.6. The van der Waals surface area contributed by atoms with Gasteiger partial charge in [-0.2, -0.15) is 5.10 Å². The molecule has 4 rings (SSSR count). The molecule has 1 saturated carbocycles. The topological polar surface area (TPSA) is 102 Å². The van der Waals surface area contributed by atoms with E-state index in [1.165, 1.54) is 19.3 Å². The van der Waals surface area contributed by atoms with Crippen LogP contribution in [0, 0.1) is 12.8 Å². The Kier molecular flexibility index (Phi) is 5.36. The SMILES string of the molecule is CC1=C(C)c2cc(Nc3nn([C@H]4CCCC[C@@H]4C)cc3C(N)=O)cc(C)c2OB1O. The summed E-state index contributed by atoms with van der Waals surface area (Å²) in [5.41, 5.74) is 10.4. The Labute approximate surface area is 177 Å². The molecule has 158 valence electrons. The molecule has 7 nitrogen and oxygen atoms in total. The van der Waals surface area contributed by atoms with Gasteiger partial charge in [0.25, 0.3) is 5.91 Å². The van der Waals surface area contributed by atoms with Crippen molar-refractivity contribution in [2.45, 2.75) is 59.4 Å². The number of nitrogens with one attached hydrogen (secondary N) is 1. The van der Waals surface area contributed by atoms with Gasteiger partial charge in [-0.25, -0.2) is 0 Å². The first-order valence-electron chi connectivity index (χ1n) is 10.6. The summed E-state index contributed by atoms with van der Waals surface area (Å²) >= 11 is 0. The summed E-state index contributed by atoms with van der Waals surface area (Å²) in [6, 6.07) is 4.16. The highest BCUT2D eigenvalue weighted by Gasteiger charge is 2.30. The van der Waals surface area contributed by atoms with Crippen LogP contribution < -0.4 is 15.7 Å². The van der Waals surface area contributed by atoms with Crippen LogP contribution in [0.4, 0.5) is 11.5 Å². The van der Waals surface area contributed by atoms with E-state index in [9.17, 15) is 9.82 Å². The predicted octanol–water partition coefficient (Wildman–Crippen LogP) is 3.99. The van der Waals surface area contributed by atoms with Gasteiger partial charge in [0.1, 0.15) is 11.3 Å². The van der Waals surface area contributed by atoms with Gasteiger partial charge in [0, 0.05) is 17.4 Å². The number of anilines is 2. The van der Waals surface area contributed by atoms with Gasteiger partial charge in [0.05, 0.1) is 6.04 Å². The molecular weight excluding hydrogens is 379 g/mol. The van der Waals surface area contributed by atoms with Gasteiger partial charge in [-0.15, -0.1) is 0 Å². The van der Waals surface area contributed by atoms with Crippen LogP contribution in [0.15, 0.2) is 23.8 Å². The molecule has 4 N–H and O–H groups in total. The monoisotopic (exact) mass is 408 g/mol. The van der Waals surface area contributed by atoms with Crippen LogP contribution >= 0.6 is 0 Å². The lowest BCUT2D eigenvalue weighted by molar-refractivity contribution is 0.100. The average molecular weight is 408 g/mol. The Balaban J connectivity index is 1.70. The van der Waals surface area contributed by atoms with Crippen LogP contribution in [0.25, 0.3) is 5.57 Å². The van der Waals surface area contributed by atoms with E-state index in [4.69, 9.17) is 15.5 Å². The van der Waals surface area contributed by atoms with Crippen molar-refractivity contribution < 1.29 is 14.5 Å². The van der Waals surface area contributed by atoms with Crippen LogP contribution in [0.2, 0.25) is 0 Å². The lowest BCUT2D eigenvalue weighted by Gasteiger charge is -2.28. The van der Waals surface area contributed by atoms with Gasteiger partial charge in [-0.05, 0) is 68.3 Å². The number of aryl methyl sites for hydroxylation is 1. The quantitative estimate of drug-likeness (QED) is 0.664. The summed E-state index contributed by atoms with van der Waals surface area (Å²) < 4.78 is 7.59. The van der Waals surface area contributed by atoms with Crippen LogP contribution in [0.3, 0.4) is 0 Å². The Morgan fingerprint density at radius 3 is 2.73 bits per heavy atom. The van der Waals surface area contributed by atoms with Crippen LogP contribution in [0.5, 0.6) is 5.75 Å². The summed E-state index contributed by atoms with van der Waals surface area (Å²) in [4.78, 5) is 12.1. The second kappa shape index (κ2) is 7.83. The first kappa shape index (κ1) is 20.5. The van der Waals surface area contributed by atoms with Gasteiger partial charge in [-0.1, -0.05) is 19.8 Å². The number of rotatable bonds is 4. The highest BCUT2D eigenvalue weighted by Crippen LogP contribution is 2.39.